The molecule has 3 aromatic carbocycles. The van der Waals surface area contributed by atoms with E-state index >= 15 is 0 Å². The van der Waals surface area contributed by atoms with Crippen LogP contribution in [-0.2, 0) is 4.75 Å². The van der Waals surface area contributed by atoms with Gasteiger partial charge in [-0.25, -0.2) is 0 Å². The van der Waals surface area contributed by atoms with E-state index in [2.05, 4.69) is 98.8 Å². The van der Waals surface area contributed by atoms with E-state index in [-0.39, 0.29) is 4.75 Å². The molecule has 0 heterocycles. The number of benzene rings is 3. The van der Waals surface area contributed by atoms with Gasteiger partial charge in [-0.1, -0.05) is 60.3 Å². The van der Waals surface area contributed by atoms with Crippen LogP contribution in [0.4, 0.5) is 0 Å². The van der Waals surface area contributed by atoms with Crippen molar-refractivity contribution in [3.05, 3.63) is 90.5 Å². The Balaban J connectivity index is 1.70. The van der Waals surface area contributed by atoms with E-state index in [9.17, 15) is 0 Å². The minimum Gasteiger partial charge on any atom is -0.115 e. The Morgan fingerprint density at radius 1 is 0.565 bits per heavy atom. The van der Waals surface area contributed by atoms with E-state index < -0.39 is 0 Å². The number of hydrogen-bond acceptors (Lipinski definition) is 2. The van der Waals surface area contributed by atoms with Gasteiger partial charge in [0.05, 0.1) is 0 Å². The zero-order valence-electron chi connectivity index (χ0n) is 13.4. The second kappa shape index (κ2) is 7.29. The molecule has 0 radical (unpaired) electrons. The highest BCUT2D eigenvalue weighted by Crippen LogP contribution is 2.41. The first-order valence-electron chi connectivity index (χ1n) is 7.71. The summed E-state index contributed by atoms with van der Waals surface area (Å²) in [6.07, 6.45) is 0. The SMILES string of the molecule is CC(C)(Sc1ccc(Sc2ccccc2)cc1)c1ccccc1. The lowest BCUT2D eigenvalue weighted by atomic mass is 10.0. The van der Waals surface area contributed by atoms with Crippen LogP contribution in [0, 0.1) is 0 Å². The summed E-state index contributed by atoms with van der Waals surface area (Å²) in [6, 6.07) is 30.0. The standard InChI is InChI=1S/C21H20S2/c1-21(2,17-9-5-3-6-10-17)23-20-15-13-19(14-16-20)22-18-11-7-4-8-12-18/h3-16H,1-2H3. The summed E-state index contributed by atoms with van der Waals surface area (Å²) < 4.78 is 0.0648. The van der Waals surface area contributed by atoms with Gasteiger partial charge < -0.3 is 0 Å². The molecule has 0 saturated heterocycles. The third kappa shape index (κ3) is 4.43. The first-order valence-corrected chi connectivity index (χ1v) is 9.34. The molecular formula is C21H20S2. The lowest BCUT2D eigenvalue weighted by molar-refractivity contribution is 0.782. The van der Waals surface area contributed by atoms with Crippen molar-refractivity contribution in [3.8, 4) is 0 Å². The van der Waals surface area contributed by atoms with Gasteiger partial charge >= 0.3 is 0 Å². The first kappa shape index (κ1) is 16.2. The third-order valence-corrected chi connectivity index (χ3v) is 5.91. The van der Waals surface area contributed by atoms with Crippen LogP contribution >= 0.6 is 23.5 Å². The Hall–Kier alpha value is -1.64. The fourth-order valence-corrected chi connectivity index (χ4v) is 4.35. The number of hydrogen-bond donors (Lipinski definition) is 0. The summed E-state index contributed by atoms with van der Waals surface area (Å²) >= 11 is 3.71. The smallest absolute Gasteiger partial charge is 0.0399 e. The fourth-order valence-electron chi connectivity index (χ4n) is 2.39. The molecule has 0 bridgehead atoms. The molecule has 0 N–H and O–H groups in total. The molecule has 3 rings (SSSR count). The monoisotopic (exact) mass is 336 g/mol. The maximum Gasteiger partial charge on any atom is 0.0399 e. The zero-order valence-corrected chi connectivity index (χ0v) is 15.0. The second-order valence-electron chi connectivity index (χ2n) is 5.86. The van der Waals surface area contributed by atoms with E-state index in [0.717, 1.165) is 0 Å². The summed E-state index contributed by atoms with van der Waals surface area (Å²) in [5.41, 5.74) is 1.35. The normalized spacial score (nSPS) is 11.4. The van der Waals surface area contributed by atoms with Crippen molar-refractivity contribution in [2.24, 2.45) is 0 Å². The third-order valence-electron chi connectivity index (χ3n) is 3.64. The van der Waals surface area contributed by atoms with E-state index in [1.807, 2.05) is 11.8 Å². The van der Waals surface area contributed by atoms with Crippen molar-refractivity contribution in [1.29, 1.82) is 0 Å². The van der Waals surface area contributed by atoms with Gasteiger partial charge in [0.2, 0.25) is 0 Å². The molecule has 0 atom stereocenters. The topological polar surface area (TPSA) is 0 Å². The quantitative estimate of drug-likeness (QED) is 0.466. The Kier molecular flexibility index (Phi) is 5.14. The lowest BCUT2D eigenvalue weighted by Crippen LogP contribution is -2.11. The van der Waals surface area contributed by atoms with Crippen molar-refractivity contribution >= 4 is 23.5 Å². The van der Waals surface area contributed by atoms with Crippen LogP contribution in [0.5, 0.6) is 0 Å². The Morgan fingerprint density at radius 3 is 1.65 bits per heavy atom. The summed E-state index contributed by atoms with van der Waals surface area (Å²) in [7, 11) is 0. The van der Waals surface area contributed by atoms with Gasteiger partial charge in [-0.3, -0.25) is 0 Å². The van der Waals surface area contributed by atoms with Crippen LogP contribution < -0.4 is 0 Å². The molecule has 2 heteroatoms. The second-order valence-corrected chi connectivity index (χ2v) is 8.71. The number of thioether (sulfide) groups is 1. The van der Waals surface area contributed by atoms with Crippen LogP contribution in [0.15, 0.2) is 99.6 Å². The molecule has 0 aliphatic rings. The van der Waals surface area contributed by atoms with Gasteiger partial charge in [0.25, 0.3) is 0 Å². The molecule has 0 aromatic heterocycles. The van der Waals surface area contributed by atoms with Crippen molar-refractivity contribution in [3.63, 3.8) is 0 Å². The molecule has 0 amide bonds. The average Bonchev–Trinajstić information content (AvgIpc) is 2.58. The van der Waals surface area contributed by atoms with Crippen molar-refractivity contribution < 1.29 is 0 Å². The van der Waals surface area contributed by atoms with Crippen LogP contribution in [-0.4, -0.2) is 0 Å². The van der Waals surface area contributed by atoms with Gasteiger partial charge in [0.1, 0.15) is 0 Å². The largest absolute Gasteiger partial charge is 0.115 e. The molecular weight excluding hydrogens is 316 g/mol. The van der Waals surface area contributed by atoms with Crippen LogP contribution in [0.3, 0.4) is 0 Å². The Bertz CT molecular complexity index is 732. The molecule has 0 fully saturated rings. The maximum absolute atomic E-state index is 2.28. The van der Waals surface area contributed by atoms with E-state index in [1.165, 1.54) is 20.2 Å². The van der Waals surface area contributed by atoms with E-state index in [4.69, 9.17) is 0 Å². The highest BCUT2D eigenvalue weighted by atomic mass is 32.2. The molecule has 0 nitrogen and oxygen atoms in total. The van der Waals surface area contributed by atoms with Crippen molar-refractivity contribution in [2.45, 2.75) is 33.3 Å². The van der Waals surface area contributed by atoms with Gasteiger partial charge in [-0.05, 0) is 55.8 Å². The summed E-state index contributed by atoms with van der Waals surface area (Å²) in [5.74, 6) is 0. The highest BCUT2D eigenvalue weighted by molar-refractivity contribution is 8.00. The Labute approximate surface area is 147 Å². The van der Waals surface area contributed by atoms with Crippen LogP contribution in [0.25, 0.3) is 0 Å². The van der Waals surface area contributed by atoms with Gasteiger partial charge in [0, 0.05) is 19.4 Å². The minimum absolute atomic E-state index is 0.0648. The van der Waals surface area contributed by atoms with Gasteiger partial charge in [-0.15, -0.1) is 11.8 Å². The molecule has 0 aliphatic heterocycles. The summed E-state index contributed by atoms with van der Waals surface area (Å²) in [6.45, 7) is 4.55. The molecule has 0 saturated carbocycles. The minimum atomic E-state index is 0.0648. The molecule has 23 heavy (non-hydrogen) atoms. The van der Waals surface area contributed by atoms with Crippen LogP contribution in [0.1, 0.15) is 19.4 Å². The van der Waals surface area contributed by atoms with E-state index in [1.54, 1.807) is 11.8 Å². The highest BCUT2D eigenvalue weighted by Gasteiger charge is 2.21. The lowest BCUT2D eigenvalue weighted by Gasteiger charge is -2.24. The van der Waals surface area contributed by atoms with E-state index in [0.29, 0.717) is 0 Å². The molecule has 0 aliphatic carbocycles. The van der Waals surface area contributed by atoms with Crippen LogP contribution in [0.2, 0.25) is 0 Å². The van der Waals surface area contributed by atoms with Gasteiger partial charge in [-0.2, -0.15) is 0 Å². The molecule has 0 spiro atoms. The summed E-state index contributed by atoms with van der Waals surface area (Å²) in [4.78, 5) is 3.85. The first-order chi connectivity index (χ1) is 11.1. The predicted molar refractivity (Wildman–Crippen MR) is 102 cm³/mol. The maximum atomic E-state index is 2.28. The Morgan fingerprint density at radius 2 is 1.04 bits per heavy atom. The van der Waals surface area contributed by atoms with Crippen molar-refractivity contribution in [2.75, 3.05) is 0 Å². The van der Waals surface area contributed by atoms with Crippen molar-refractivity contribution in [1.82, 2.24) is 0 Å². The fraction of sp³-hybridized carbons (Fsp3) is 0.143. The summed E-state index contributed by atoms with van der Waals surface area (Å²) in [5, 5.41) is 0. The zero-order chi connectivity index (χ0) is 16.1. The molecule has 116 valence electrons. The average molecular weight is 337 g/mol. The number of rotatable bonds is 5. The molecule has 0 unspecified atom stereocenters. The van der Waals surface area contributed by atoms with Gasteiger partial charge in [0.15, 0.2) is 0 Å². The predicted octanol–water partition coefficient (Wildman–Crippen LogP) is 6.87. The molecule has 3 aromatic rings.